The SMILES string of the molecule is CN(C)CC(=O)N(C1CNC1)C1COC1. The first-order chi connectivity index (χ1) is 7.18. The number of hydrogen-bond acceptors (Lipinski definition) is 4. The maximum Gasteiger partial charge on any atom is 0.237 e. The molecule has 0 aromatic carbocycles. The Hall–Kier alpha value is -0.650. The van der Waals surface area contributed by atoms with E-state index in [9.17, 15) is 4.79 Å². The van der Waals surface area contributed by atoms with Crippen molar-refractivity contribution in [2.24, 2.45) is 0 Å². The lowest BCUT2D eigenvalue weighted by molar-refractivity contribution is -0.151. The second-order valence-corrected chi connectivity index (χ2v) is 4.54. The minimum Gasteiger partial charge on any atom is -0.377 e. The molecule has 2 fully saturated rings. The smallest absolute Gasteiger partial charge is 0.237 e. The fraction of sp³-hybridized carbons (Fsp3) is 0.900. The van der Waals surface area contributed by atoms with Crippen molar-refractivity contribution in [3.8, 4) is 0 Å². The molecule has 0 unspecified atom stereocenters. The van der Waals surface area contributed by atoms with E-state index >= 15 is 0 Å². The minimum absolute atomic E-state index is 0.222. The van der Waals surface area contributed by atoms with Gasteiger partial charge in [0.05, 0.1) is 31.8 Å². The molecule has 15 heavy (non-hydrogen) atoms. The van der Waals surface area contributed by atoms with Gasteiger partial charge in [-0.15, -0.1) is 0 Å². The maximum absolute atomic E-state index is 12.0. The van der Waals surface area contributed by atoms with Crippen LogP contribution in [0.15, 0.2) is 0 Å². The number of hydrogen-bond donors (Lipinski definition) is 1. The first-order valence-corrected chi connectivity index (χ1v) is 5.43. The minimum atomic E-state index is 0.222. The van der Waals surface area contributed by atoms with E-state index in [0.717, 1.165) is 13.1 Å². The van der Waals surface area contributed by atoms with E-state index in [1.165, 1.54) is 0 Å². The summed E-state index contributed by atoms with van der Waals surface area (Å²) in [6.07, 6.45) is 0. The highest BCUT2D eigenvalue weighted by Crippen LogP contribution is 2.17. The van der Waals surface area contributed by atoms with E-state index in [1.807, 2.05) is 23.9 Å². The van der Waals surface area contributed by atoms with Crippen LogP contribution in [0.3, 0.4) is 0 Å². The van der Waals surface area contributed by atoms with E-state index < -0.39 is 0 Å². The largest absolute Gasteiger partial charge is 0.377 e. The van der Waals surface area contributed by atoms with Crippen molar-refractivity contribution < 1.29 is 9.53 Å². The van der Waals surface area contributed by atoms with E-state index in [2.05, 4.69) is 5.32 Å². The monoisotopic (exact) mass is 213 g/mol. The average Bonchev–Trinajstić information content (AvgIpc) is 1.94. The van der Waals surface area contributed by atoms with Crippen molar-refractivity contribution in [3.63, 3.8) is 0 Å². The Bertz CT molecular complexity index is 223. The number of nitrogens with zero attached hydrogens (tertiary/aromatic N) is 2. The summed E-state index contributed by atoms with van der Waals surface area (Å²) in [7, 11) is 3.85. The van der Waals surface area contributed by atoms with Crippen LogP contribution in [0.25, 0.3) is 0 Å². The molecule has 2 aliphatic heterocycles. The van der Waals surface area contributed by atoms with E-state index in [4.69, 9.17) is 4.74 Å². The number of rotatable bonds is 4. The molecular weight excluding hydrogens is 194 g/mol. The molecule has 2 aliphatic rings. The van der Waals surface area contributed by atoms with Gasteiger partial charge in [-0.25, -0.2) is 0 Å². The lowest BCUT2D eigenvalue weighted by atomic mass is 10.1. The second kappa shape index (κ2) is 4.47. The molecule has 2 rings (SSSR count). The lowest BCUT2D eigenvalue weighted by Crippen LogP contribution is -2.66. The van der Waals surface area contributed by atoms with E-state index in [-0.39, 0.29) is 5.91 Å². The van der Waals surface area contributed by atoms with Crippen molar-refractivity contribution in [1.29, 1.82) is 0 Å². The van der Waals surface area contributed by atoms with Crippen LogP contribution in [-0.2, 0) is 9.53 Å². The Labute approximate surface area is 90.4 Å². The molecule has 0 saturated carbocycles. The zero-order chi connectivity index (χ0) is 10.8. The third-order valence-corrected chi connectivity index (χ3v) is 2.91. The summed E-state index contributed by atoms with van der Waals surface area (Å²) < 4.78 is 5.16. The van der Waals surface area contributed by atoms with Crippen molar-refractivity contribution >= 4 is 5.91 Å². The van der Waals surface area contributed by atoms with Crippen LogP contribution in [0.5, 0.6) is 0 Å². The predicted molar refractivity (Wildman–Crippen MR) is 56.7 cm³/mol. The van der Waals surface area contributed by atoms with Gasteiger partial charge in [0.2, 0.25) is 5.91 Å². The van der Waals surface area contributed by atoms with Crippen molar-refractivity contribution in [2.45, 2.75) is 12.1 Å². The van der Waals surface area contributed by atoms with Crippen LogP contribution in [0, 0.1) is 0 Å². The van der Waals surface area contributed by atoms with E-state index in [0.29, 0.717) is 31.8 Å². The van der Waals surface area contributed by atoms with Gasteiger partial charge in [-0.3, -0.25) is 4.79 Å². The standard InChI is InChI=1S/C10H19N3O2/c1-12(2)5-10(14)13(8-3-11-4-8)9-6-15-7-9/h8-9,11H,3-7H2,1-2H3. The molecule has 1 amide bonds. The van der Waals surface area contributed by atoms with Gasteiger partial charge in [0.25, 0.3) is 0 Å². The average molecular weight is 213 g/mol. The normalized spacial score (nSPS) is 22.3. The number of carbonyl (C=O) groups excluding carboxylic acids is 1. The molecule has 2 saturated heterocycles. The molecule has 0 radical (unpaired) electrons. The van der Waals surface area contributed by atoms with Crippen LogP contribution in [0.2, 0.25) is 0 Å². The summed E-state index contributed by atoms with van der Waals surface area (Å²) in [6, 6.07) is 0.691. The molecule has 5 heteroatoms. The Morgan fingerprint density at radius 1 is 1.33 bits per heavy atom. The third kappa shape index (κ3) is 2.30. The van der Waals surface area contributed by atoms with Crippen molar-refractivity contribution in [3.05, 3.63) is 0 Å². The quantitative estimate of drug-likeness (QED) is 0.633. The fourth-order valence-corrected chi connectivity index (χ4v) is 1.91. The van der Waals surface area contributed by atoms with Gasteiger partial charge in [-0.2, -0.15) is 0 Å². The van der Waals surface area contributed by atoms with Crippen LogP contribution >= 0.6 is 0 Å². The van der Waals surface area contributed by atoms with Gasteiger partial charge < -0.3 is 19.9 Å². The number of ether oxygens (including phenoxy) is 1. The number of carbonyl (C=O) groups is 1. The molecule has 86 valence electrons. The summed E-state index contributed by atoms with van der Waals surface area (Å²) in [5.74, 6) is 0.222. The van der Waals surface area contributed by atoms with Gasteiger partial charge in [0.15, 0.2) is 0 Å². The first-order valence-electron chi connectivity index (χ1n) is 5.43. The number of likely N-dealkylation sites (N-methyl/N-ethyl adjacent to an activating group) is 1. The Morgan fingerprint density at radius 2 is 2.00 bits per heavy atom. The van der Waals surface area contributed by atoms with Gasteiger partial charge >= 0.3 is 0 Å². The van der Waals surface area contributed by atoms with Gasteiger partial charge in [-0.1, -0.05) is 0 Å². The van der Waals surface area contributed by atoms with Gasteiger partial charge in [-0.05, 0) is 14.1 Å². The lowest BCUT2D eigenvalue weighted by Gasteiger charge is -2.46. The molecule has 0 atom stereocenters. The van der Waals surface area contributed by atoms with E-state index in [1.54, 1.807) is 0 Å². The van der Waals surface area contributed by atoms with Crippen LogP contribution in [0.1, 0.15) is 0 Å². The third-order valence-electron chi connectivity index (χ3n) is 2.91. The zero-order valence-corrected chi connectivity index (χ0v) is 9.40. The van der Waals surface area contributed by atoms with Crippen LogP contribution in [0.4, 0.5) is 0 Å². The van der Waals surface area contributed by atoms with Crippen molar-refractivity contribution in [2.75, 3.05) is 46.9 Å². The molecule has 1 N–H and O–H groups in total. The van der Waals surface area contributed by atoms with Crippen LogP contribution < -0.4 is 5.32 Å². The summed E-state index contributed by atoms with van der Waals surface area (Å²) in [6.45, 7) is 3.75. The van der Waals surface area contributed by atoms with Gasteiger partial charge in [0, 0.05) is 13.1 Å². The molecule has 0 spiro atoms. The zero-order valence-electron chi connectivity index (χ0n) is 9.40. The molecular formula is C10H19N3O2. The number of nitrogens with one attached hydrogen (secondary N) is 1. The van der Waals surface area contributed by atoms with Crippen LogP contribution in [-0.4, -0.2) is 74.7 Å². The molecule has 2 heterocycles. The molecule has 0 bridgehead atoms. The summed E-state index contributed by atoms with van der Waals surface area (Å²) in [5.41, 5.74) is 0. The second-order valence-electron chi connectivity index (χ2n) is 4.54. The highest BCUT2D eigenvalue weighted by Gasteiger charge is 2.37. The summed E-state index contributed by atoms with van der Waals surface area (Å²) >= 11 is 0. The molecule has 0 aromatic rings. The fourth-order valence-electron chi connectivity index (χ4n) is 1.91. The Morgan fingerprint density at radius 3 is 2.33 bits per heavy atom. The summed E-state index contributed by atoms with van der Waals surface area (Å²) in [5, 5.41) is 3.20. The van der Waals surface area contributed by atoms with Gasteiger partial charge in [0.1, 0.15) is 0 Å². The predicted octanol–water partition coefficient (Wildman–Crippen LogP) is -1.25. The molecule has 0 aromatic heterocycles. The Kier molecular flexibility index (Phi) is 3.23. The number of amides is 1. The topological polar surface area (TPSA) is 44.8 Å². The van der Waals surface area contributed by atoms with Crippen molar-refractivity contribution in [1.82, 2.24) is 15.1 Å². The molecule has 5 nitrogen and oxygen atoms in total. The Balaban J connectivity index is 1.93. The maximum atomic E-state index is 12.0. The first kappa shape index (κ1) is 10.9. The highest BCUT2D eigenvalue weighted by atomic mass is 16.5. The summed E-state index contributed by atoms with van der Waals surface area (Å²) in [4.78, 5) is 16.0. The molecule has 0 aliphatic carbocycles. The highest BCUT2D eigenvalue weighted by molar-refractivity contribution is 5.79.